The normalized spacial score (nSPS) is 21.6. The largest absolute Gasteiger partial charge is 0.381 e. The summed E-state index contributed by atoms with van der Waals surface area (Å²) in [5.41, 5.74) is 2.32. The maximum absolute atomic E-state index is 12.6. The van der Waals surface area contributed by atoms with Gasteiger partial charge < -0.3 is 14.2 Å². The lowest BCUT2D eigenvalue weighted by atomic mass is 10.1. The van der Waals surface area contributed by atoms with E-state index < -0.39 is 0 Å². The molecule has 1 saturated carbocycles. The number of hydrogen-bond acceptors (Lipinski definition) is 4. The Labute approximate surface area is 141 Å². The zero-order valence-corrected chi connectivity index (χ0v) is 14.1. The van der Waals surface area contributed by atoms with E-state index in [-0.39, 0.29) is 5.91 Å². The second-order valence-electron chi connectivity index (χ2n) is 7.07. The van der Waals surface area contributed by atoms with Crippen molar-refractivity contribution in [2.24, 2.45) is 5.92 Å². The van der Waals surface area contributed by atoms with Gasteiger partial charge >= 0.3 is 0 Å². The average Bonchev–Trinajstić information content (AvgIpc) is 3.33. The summed E-state index contributed by atoms with van der Waals surface area (Å²) in [7, 11) is 1.85. The molecule has 4 rings (SSSR count). The van der Waals surface area contributed by atoms with Crippen LogP contribution < -0.4 is 0 Å². The lowest BCUT2D eigenvalue weighted by molar-refractivity contribution is 0.0766. The van der Waals surface area contributed by atoms with Crippen molar-refractivity contribution in [2.75, 3.05) is 26.8 Å². The first kappa shape index (κ1) is 15.6. The first-order valence-corrected chi connectivity index (χ1v) is 8.88. The van der Waals surface area contributed by atoms with E-state index in [1.165, 1.54) is 25.7 Å². The van der Waals surface area contributed by atoms with Crippen LogP contribution in [0.1, 0.15) is 48.5 Å². The Bertz CT molecular complexity index is 730. The average molecular weight is 328 g/mol. The van der Waals surface area contributed by atoms with Crippen molar-refractivity contribution in [3.63, 3.8) is 0 Å². The molecule has 1 aliphatic carbocycles. The second kappa shape index (κ2) is 6.51. The number of aromatic nitrogens is 3. The molecule has 1 saturated heterocycles. The van der Waals surface area contributed by atoms with Crippen molar-refractivity contribution >= 4 is 17.1 Å². The Morgan fingerprint density at radius 2 is 2.17 bits per heavy atom. The molecule has 24 heavy (non-hydrogen) atoms. The van der Waals surface area contributed by atoms with E-state index in [2.05, 4.69) is 14.5 Å². The van der Waals surface area contributed by atoms with Crippen LogP contribution >= 0.6 is 0 Å². The molecule has 3 heterocycles. The predicted octanol–water partition coefficient (Wildman–Crippen LogP) is 2.65. The van der Waals surface area contributed by atoms with Gasteiger partial charge in [0.05, 0.1) is 18.5 Å². The zero-order chi connectivity index (χ0) is 16.5. The number of nitrogens with zero attached hydrogens (tertiary/aromatic N) is 4. The minimum atomic E-state index is 0.00622. The van der Waals surface area contributed by atoms with Gasteiger partial charge in [-0.1, -0.05) is 12.8 Å². The molecule has 1 atom stereocenters. The summed E-state index contributed by atoms with van der Waals surface area (Å²) in [6, 6.07) is 2.38. The third-order valence-corrected chi connectivity index (χ3v) is 5.28. The van der Waals surface area contributed by atoms with Gasteiger partial charge in [-0.25, -0.2) is 9.97 Å². The van der Waals surface area contributed by atoms with Gasteiger partial charge in [0.1, 0.15) is 5.52 Å². The maximum atomic E-state index is 12.6. The summed E-state index contributed by atoms with van der Waals surface area (Å²) >= 11 is 0. The number of amides is 1. The molecule has 2 fully saturated rings. The van der Waals surface area contributed by atoms with Crippen LogP contribution in [0.3, 0.4) is 0 Å². The van der Waals surface area contributed by atoms with Crippen molar-refractivity contribution in [3.05, 3.63) is 24.2 Å². The summed E-state index contributed by atoms with van der Waals surface area (Å²) in [4.78, 5) is 23.5. The molecular weight excluding hydrogens is 304 g/mol. The highest BCUT2D eigenvalue weighted by Crippen LogP contribution is 2.31. The van der Waals surface area contributed by atoms with Crippen LogP contribution in [0, 0.1) is 5.92 Å². The van der Waals surface area contributed by atoms with Crippen molar-refractivity contribution in [1.82, 2.24) is 19.4 Å². The molecule has 6 nitrogen and oxygen atoms in total. The zero-order valence-electron chi connectivity index (χ0n) is 14.1. The quantitative estimate of drug-likeness (QED) is 0.866. The minimum Gasteiger partial charge on any atom is -0.381 e. The fourth-order valence-electron chi connectivity index (χ4n) is 3.90. The molecule has 0 spiro atoms. The van der Waals surface area contributed by atoms with E-state index in [9.17, 15) is 4.79 Å². The number of carbonyl (C=O) groups is 1. The van der Waals surface area contributed by atoms with Crippen LogP contribution in [0.5, 0.6) is 0 Å². The summed E-state index contributed by atoms with van der Waals surface area (Å²) < 4.78 is 7.57. The van der Waals surface area contributed by atoms with Crippen LogP contribution in [-0.4, -0.2) is 52.1 Å². The molecule has 0 aromatic carbocycles. The standard InChI is InChI=1S/C18H24N4O2/c1-21(10-13-6-7-24-11-13)18(23)14-8-16-17(19-9-14)22(12-20-16)15-4-2-3-5-15/h8-9,12-13,15H,2-7,10-11H2,1H3. The summed E-state index contributed by atoms with van der Waals surface area (Å²) in [6.07, 6.45) is 9.54. The number of ether oxygens (including phenoxy) is 1. The summed E-state index contributed by atoms with van der Waals surface area (Å²) in [6.45, 7) is 2.28. The third-order valence-electron chi connectivity index (χ3n) is 5.28. The van der Waals surface area contributed by atoms with Gasteiger partial charge in [0.2, 0.25) is 0 Å². The lowest BCUT2D eigenvalue weighted by Crippen LogP contribution is -2.32. The molecule has 6 heteroatoms. The topological polar surface area (TPSA) is 60.2 Å². The van der Waals surface area contributed by atoms with E-state index in [1.807, 2.05) is 19.4 Å². The molecule has 2 aromatic heterocycles. The highest BCUT2D eigenvalue weighted by atomic mass is 16.5. The number of fused-ring (bicyclic) bond motifs is 1. The van der Waals surface area contributed by atoms with Gasteiger partial charge in [0.15, 0.2) is 5.65 Å². The molecule has 0 N–H and O–H groups in total. The summed E-state index contributed by atoms with van der Waals surface area (Å²) in [5, 5.41) is 0. The third kappa shape index (κ3) is 2.90. The SMILES string of the molecule is CN(CC1CCOC1)C(=O)c1cnc2c(c1)ncn2C1CCCC1. The van der Waals surface area contributed by atoms with Gasteiger partial charge in [-0.3, -0.25) is 4.79 Å². The summed E-state index contributed by atoms with van der Waals surface area (Å²) in [5.74, 6) is 0.448. The Morgan fingerprint density at radius 1 is 1.33 bits per heavy atom. The van der Waals surface area contributed by atoms with Crippen molar-refractivity contribution in [2.45, 2.75) is 38.1 Å². The Kier molecular flexibility index (Phi) is 4.22. The molecule has 1 amide bonds. The van der Waals surface area contributed by atoms with Gasteiger partial charge in [0, 0.05) is 38.4 Å². The van der Waals surface area contributed by atoms with Crippen molar-refractivity contribution < 1.29 is 9.53 Å². The number of carbonyl (C=O) groups excluding carboxylic acids is 1. The highest BCUT2D eigenvalue weighted by Gasteiger charge is 2.23. The molecular formula is C18H24N4O2. The monoisotopic (exact) mass is 328 g/mol. The first-order chi connectivity index (χ1) is 11.7. The van der Waals surface area contributed by atoms with Crippen LogP contribution in [0.2, 0.25) is 0 Å². The van der Waals surface area contributed by atoms with E-state index in [4.69, 9.17) is 4.74 Å². The fourth-order valence-corrected chi connectivity index (χ4v) is 3.90. The van der Waals surface area contributed by atoms with E-state index in [1.54, 1.807) is 11.1 Å². The fraction of sp³-hybridized carbons (Fsp3) is 0.611. The Morgan fingerprint density at radius 3 is 2.92 bits per heavy atom. The predicted molar refractivity (Wildman–Crippen MR) is 90.9 cm³/mol. The molecule has 2 aliphatic rings. The van der Waals surface area contributed by atoms with Crippen molar-refractivity contribution in [1.29, 1.82) is 0 Å². The molecule has 2 aromatic rings. The van der Waals surface area contributed by atoms with Gasteiger partial charge in [-0.15, -0.1) is 0 Å². The van der Waals surface area contributed by atoms with Crippen LogP contribution in [0.4, 0.5) is 0 Å². The molecule has 1 unspecified atom stereocenters. The maximum Gasteiger partial charge on any atom is 0.255 e. The highest BCUT2D eigenvalue weighted by molar-refractivity contribution is 5.96. The van der Waals surface area contributed by atoms with E-state index in [0.29, 0.717) is 17.5 Å². The smallest absolute Gasteiger partial charge is 0.255 e. The molecule has 128 valence electrons. The molecule has 0 radical (unpaired) electrons. The van der Waals surface area contributed by atoms with Crippen LogP contribution in [0.15, 0.2) is 18.6 Å². The minimum absolute atomic E-state index is 0.00622. The second-order valence-corrected chi connectivity index (χ2v) is 7.07. The van der Waals surface area contributed by atoms with Gasteiger partial charge in [-0.2, -0.15) is 0 Å². The van der Waals surface area contributed by atoms with E-state index >= 15 is 0 Å². The van der Waals surface area contributed by atoms with Crippen LogP contribution in [-0.2, 0) is 4.74 Å². The number of hydrogen-bond donors (Lipinski definition) is 0. The number of pyridine rings is 1. The van der Waals surface area contributed by atoms with Gasteiger partial charge in [-0.05, 0) is 25.3 Å². The van der Waals surface area contributed by atoms with Crippen LogP contribution in [0.25, 0.3) is 11.2 Å². The lowest BCUT2D eigenvalue weighted by Gasteiger charge is -2.20. The van der Waals surface area contributed by atoms with Crippen molar-refractivity contribution in [3.8, 4) is 0 Å². The molecule has 0 bridgehead atoms. The Balaban J connectivity index is 1.52. The number of imidazole rings is 1. The first-order valence-electron chi connectivity index (χ1n) is 8.88. The Hall–Kier alpha value is -1.95. The molecule has 1 aliphatic heterocycles. The van der Waals surface area contributed by atoms with Gasteiger partial charge in [0.25, 0.3) is 5.91 Å². The number of rotatable bonds is 4. The van der Waals surface area contributed by atoms with E-state index in [0.717, 1.165) is 37.3 Å².